The van der Waals surface area contributed by atoms with Gasteiger partial charge in [0, 0.05) is 14.4 Å². The summed E-state index contributed by atoms with van der Waals surface area (Å²) in [6, 6.07) is 9.79. The molecule has 1 aromatic heterocycles. The average Bonchev–Trinajstić information content (AvgIpc) is 2.59. The number of hydrogen-bond acceptors (Lipinski definition) is 1. The molecule has 0 nitrogen and oxygen atoms in total. The molecule has 0 aliphatic carbocycles. The van der Waals surface area contributed by atoms with E-state index in [2.05, 4.69) is 31.9 Å². The van der Waals surface area contributed by atoms with Gasteiger partial charge in [-0.1, -0.05) is 57.3 Å². The molecule has 0 saturated heterocycles. The average molecular weight is 401 g/mol. The molecule has 1 aromatic carbocycles. The molecule has 0 aliphatic rings. The Morgan fingerprint density at radius 1 is 1.19 bits per heavy atom. The maximum atomic E-state index is 6.15. The molecule has 84 valence electrons. The Morgan fingerprint density at radius 3 is 2.44 bits per heavy atom. The molecule has 16 heavy (non-hydrogen) atoms. The van der Waals surface area contributed by atoms with Gasteiger partial charge in [0.1, 0.15) is 4.34 Å². The zero-order valence-corrected chi connectivity index (χ0v) is 13.4. The van der Waals surface area contributed by atoms with Gasteiger partial charge in [0.05, 0.1) is 4.83 Å². The fraction of sp³-hybridized carbons (Fsp3) is 0.0909. The van der Waals surface area contributed by atoms with E-state index in [1.165, 1.54) is 11.3 Å². The molecule has 5 heteroatoms. The van der Waals surface area contributed by atoms with Crippen molar-refractivity contribution < 1.29 is 0 Å². The molecule has 2 aromatic rings. The van der Waals surface area contributed by atoms with Crippen LogP contribution in [0.4, 0.5) is 0 Å². The van der Waals surface area contributed by atoms with E-state index < -0.39 is 0 Å². The second kappa shape index (κ2) is 5.40. The van der Waals surface area contributed by atoms with Crippen LogP contribution >= 0.6 is 66.4 Å². The smallest absolute Gasteiger partial charge is 0.107 e. The van der Waals surface area contributed by atoms with Gasteiger partial charge in [-0.05, 0) is 33.6 Å². The number of thiophene rings is 1. The lowest BCUT2D eigenvalue weighted by Crippen LogP contribution is -1.89. The summed E-state index contributed by atoms with van der Waals surface area (Å²) in [5, 5.41) is 0.755. The normalized spacial score (nSPS) is 12.8. The summed E-state index contributed by atoms with van der Waals surface area (Å²) in [5.74, 6) is 0. The van der Waals surface area contributed by atoms with E-state index in [-0.39, 0.29) is 4.83 Å². The van der Waals surface area contributed by atoms with Gasteiger partial charge >= 0.3 is 0 Å². The largest absolute Gasteiger partial charge is 0.126 e. The van der Waals surface area contributed by atoms with Crippen LogP contribution in [-0.4, -0.2) is 0 Å². The van der Waals surface area contributed by atoms with Gasteiger partial charge < -0.3 is 0 Å². The predicted molar refractivity (Wildman–Crippen MR) is 79.3 cm³/mol. The summed E-state index contributed by atoms with van der Waals surface area (Å²) in [6.07, 6.45) is 0. The third-order valence-electron chi connectivity index (χ3n) is 2.09. The van der Waals surface area contributed by atoms with Crippen molar-refractivity contribution in [3.63, 3.8) is 0 Å². The highest BCUT2D eigenvalue weighted by Gasteiger charge is 2.17. The van der Waals surface area contributed by atoms with E-state index in [1.54, 1.807) is 0 Å². The van der Waals surface area contributed by atoms with E-state index in [4.69, 9.17) is 23.2 Å². The van der Waals surface area contributed by atoms with Crippen molar-refractivity contribution >= 4 is 66.4 Å². The molecule has 0 amide bonds. The van der Waals surface area contributed by atoms with Gasteiger partial charge in [0.2, 0.25) is 0 Å². The summed E-state index contributed by atoms with van der Waals surface area (Å²) in [4.78, 5) is 1.21. The van der Waals surface area contributed by atoms with Crippen molar-refractivity contribution in [3.8, 4) is 0 Å². The summed E-state index contributed by atoms with van der Waals surface area (Å²) in [7, 11) is 0. The Labute approximate surface area is 125 Å². The van der Waals surface area contributed by atoms with Crippen LogP contribution in [-0.2, 0) is 0 Å². The first-order valence-corrected chi connectivity index (χ1v) is 7.71. The molecule has 0 aliphatic heterocycles. The van der Waals surface area contributed by atoms with Gasteiger partial charge in [0.15, 0.2) is 0 Å². The molecule has 0 bridgehead atoms. The molecule has 0 radical (unpaired) electrons. The minimum absolute atomic E-state index is 0.0787. The lowest BCUT2D eigenvalue weighted by atomic mass is 10.1. The number of hydrogen-bond donors (Lipinski definition) is 0. The first-order valence-electron chi connectivity index (χ1n) is 4.43. The van der Waals surface area contributed by atoms with E-state index in [0.29, 0.717) is 0 Å². The molecule has 0 saturated carbocycles. The van der Waals surface area contributed by atoms with Crippen LogP contribution in [0.25, 0.3) is 0 Å². The van der Waals surface area contributed by atoms with Crippen LogP contribution in [0, 0.1) is 0 Å². The summed E-state index contributed by atoms with van der Waals surface area (Å²) in [5.41, 5.74) is 1.05. The van der Waals surface area contributed by atoms with Crippen LogP contribution in [0.2, 0.25) is 9.36 Å². The third kappa shape index (κ3) is 2.65. The van der Waals surface area contributed by atoms with Crippen molar-refractivity contribution in [2.45, 2.75) is 4.83 Å². The minimum Gasteiger partial charge on any atom is -0.126 e. The van der Waals surface area contributed by atoms with Crippen LogP contribution in [0.15, 0.2) is 34.8 Å². The van der Waals surface area contributed by atoms with Crippen molar-refractivity contribution in [1.82, 2.24) is 0 Å². The van der Waals surface area contributed by atoms with Crippen molar-refractivity contribution in [2.24, 2.45) is 0 Å². The Bertz CT molecular complexity index is 491. The maximum Gasteiger partial charge on any atom is 0.107 e. The van der Waals surface area contributed by atoms with Crippen molar-refractivity contribution in [2.75, 3.05) is 0 Å². The van der Waals surface area contributed by atoms with E-state index >= 15 is 0 Å². The zero-order valence-electron chi connectivity index (χ0n) is 7.88. The maximum absolute atomic E-state index is 6.15. The molecule has 1 unspecified atom stereocenters. The lowest BCUT2D eigenvalue weighted by Gasteiger charge is -2.09. The van der Waals surface area contributed by atoms with Crippen LogP contribution in [0.5, 0.6) is 0 Å². The molecule has 1 atom stereocenters. The standard InChI is InChI=1S/C11H6Br2Cl2S/c12-7-5-9(16-11(7)15)10(13)6-3-1-2-4-8(6)14/h1-5,10H. The van der Waals surface area contributed by atoms with E-state index in [9.17, 15) is 0 Å². The summed E-state index contributed by atoms with van der Waals surface area (Å²) >= 11 is 20.7. The van der Waals surface area contributed by atoms with Crippen LogP contribution in [0.1, 0.15) is 15.3 Å². The molecular formula is C11H6Br2Cl2S. The van der Waals surface area contributed by atoms with Crippen LogP contribution in [0.3, 0.4) is 0 Å². The third-order valence-corrected chi connectivity index (χ3v) is 6.27. The van der Waals surface area contributed by atoms with Crippen molar-refractivity contribution in [1.29, 1.82) is 0 Å². The molecular weight excluding hydrogens is 395 g/mol. The lowest BCUT2D eigenvalue weighted by molar-refractivity contribution is 1.22. The Morgan fingerprint density at radius 2 is 1.88 bits per heavy atom. The molecule has 0 fully saturated rings. The quantitative estimate of drug-likeness (QED) is 0.519. The molecule has 0 N–H and O–H groups in total. The first kappa shape index (κ1) is 12.9. The topological polar surface area (TPSA) is 0 Å². The highest BCUT2D eigenvalue weighted by atomic mass is 79.9. The number of benzene rings is 1. The first-order chi connectivity index (χ1) is 7.59. The van der Waals surface area contributed by atoms with Gasteiger partial charge in [-0.3, -0.25) is 0 Å². The monoisotopic (exact) mass is 398 g/mol. The van der Waals surface area contributed by atoms with Gasteiger partial charge in [0.25, 0.3) is 0 Å². The number of halogens is 4. The minimum atomic E-state index is 0.0787. The Hall–Kier alpha value is 0.460. The fourth-order valence-corrected chi connectivity index (χ4v) is 4.24. The van der Waals surface area contributed by atoms with Gasteiger partial charge in [-0.15, -0.1) is 11.3 Å². The highest BCUT2D eigenvalue weighted by molar-refractivity contribution is 9.10. The Balaban J connectivity index is 2.39. The predicted octanol–water partition coefficient (Wildman–Crippen LogP) is 6.30. The summed E-state index contributed by atoms with van der Waals surface area (Å²) in [6.45, 7) is 0. The number of alkyl halides is 1. The second-order valence-corrected chi connectivity index (χ2v) is 7.02. The van der Waals surface area contributed by atoms with E-state index in [0.717, 1.165) is 24.3 Å². The fourth-order valence-electron chi connectivity index (χ4n) is 1.32. The zero-order chi connectivity index (χ0) is 11.7. The van der Waals surface area contributed by atoms with E-state index in [1.807, 2.05) is 30.3 Å². The summed E-state index contributed by atoms with van der Waals surface area (Å²) < 4.78 is 1.68. The van der Waals surface area contributed by atoms with Crippen molar-refractivity contribution in [3.05, 3.63) is 54.6 Å². The SMILES string of the molecule is Clc1ccccc1C(Br)c1cc(Br)c(Cl)s1. The van der Waals surface area contributed by atoms with Crippen LogP contribution < -0.4 is 0 Å². The second-order valence-electron chi connectivity index (χ2n) is 3.15. The van der Waals surface area contributed by atoms with Gasteiger partial charge in [-0.25, -0.2) is 0 Å². The highest BCUT2D eigenvalue weighted by Crippen LogP contribution is 2.42. The molecule has 2 rings (SSSR count). The molecule has 0 spiro atoms. The Kier molecular flexibility index (Phi) is 4.36. The molecule has 1 heterocycles. The van der Waals surface area contributed by atoms with Gasteiger partial charge in [-0.2, -0.15) is 0 Å². The number of rotatable bonds is 2.